The zero-order chi connectivity index (χ0) is 18.8. The highest BCUT2D eigenvalue weighted by Crippen LogP contribution is 2.25. The van der Waals surface area contributed by atoms with Gasteiger partial charge in [0.25, 0.3) is 5.91 Å². The first-order valence-electron chi connectivity index (χ1n) is 9.60. The highest BCUT2D eigenvalue weighted by molar-refractivity contribution is 6.04. The highest BCUT2D eigenvalue weighted by Gasteiger charge is 2.26. The predicted octanol–water partition coefficient (Wildman–Crippen LogP) is 4.50. The molecule has 0 aliphatic carbocycles. The Balaban J connectivity index is 1.46. The number of nitrogens with one attached hydrogen (secondary N) is 1. The molecule has 0 saturated carbocycles. The molecule has 4 rings (SSSR count). The van der Waals surface area contributed by atoms with E-state index in [-0.39, 0.29) is 11.7 Å². The number of aromatic nitrogens is 2. The number of benzene rings is 2. The average Bonchev–Trinajstić information content (AvgIpc) is 3.07. The largest absolute Gasteiger partial charge is 0.342 e. The van der Waals surface area contributed by atoms with Crippen molar-refractivity contribution in [3.05, 3.63) is 65.2 Å². The summed E-state index contributed by atoms with van der Waals surface area (Å²) >= 11 is 0. The highest BCUT2D eigenvalue weighted by atomic mass is 19.1. The van der Waals surface area contributed by atoms with Crippen LogP contribution >= 0.6 is 0 Å². The van der Waals surface area contributed by atoms with E-state index in [9.17, 15) is 9.18 Å². The van der Waals surface area contributed by atoms with Crippen LogP contribution in [-0.2, 0) is 6.42 Å². The minimum Gasteiger partial charge on any atom is -0.342 e. The summed E-state index contributed by atoms with van der Waals surface area (Å²) in [5, 5.41) is 0. The molecule has 1 saturated heterocycles. The van der Waals surface area contributed by atoms with Crippen LogP contribution < -0.4 is 0 Å². The molecule has 0 spiro atoms. The van der Waals surface area contributed by atoms with Gasteiger partial charge in [-0.05, 0) is 62.3 Å². The number of piperidine rings is 1. The molecule has 5 heteroatoms. The smallest absolute Gasteiger partial charge is 0.256 e. The third-order valence-corrected chi connectivity index (χ3v) is 5.45. The van der Waals surface area contributed by atoms with Crippen molar-refractivity contribution < 1.29 is 9.18 Å². The lowest BCUT2D eigenvalue weighted by Gasteiger charge is -2.33. The number of carbonyl (C=O) groups is 1. The van der Waals surface area contributed by atoms with Crippen LogP contribution in [0.5, 0.6) is 0 Å². The maximum atomic E-state index is 13.8. The average molecular weight is 365 g/mol. The number of para-hydroxylation sites is 1. The van der Waals surface area contributed by atoms with Crippen LogP contribution in [0.25, 0.3) is 11.0 Å². The van der Waals surface area contributed by atoms with Gasteiger partial charge in [0.15, 0.2) is 0 Å². The first-order valence-corrected chi connectivity index (χ1v) is 9.60. The van der Waals surface area contributed by atoms with E-state index in [1.54, 1.807) is 6.07 Å². The van der Waals surface area contributed by atoms with Crippen LogP contribution in [0.4, 0.5) is 4.39 Å². The fourth-order valence-electron chi connectivity index (χ4n) is 4.04. The van der Waals surface area contributed by atoms with E-state index in [2.05, 4.69) is 9.97 Å². The number of aryl methyl sites for hydroxylation is 2. The van der Waals surface area contributed by atoms with E-state index in [1.807, 2.05) is 42.2 Å². The van der Waals surface area contributed by atoms with Crippen molar-refractivity contribution in [1.82, 2.24) is 14.9 Å². The third kappa shape index (κ3) is 3.72. The molecule has 0 unspecified atom stereocenters. The number of amides is 1. The molecule has 1 aliphatic rings. The predicted molar refractivity (Wildman–Crippen MR) is 104 cm³/mol. The molecule has 4 nitrogen and oxygen atoms in total. The number of likely N-dealkylation sites (tertiary alicyclic amines) is 1. The van der Waals surface area contributed by atoms with E-state index in [4.69, 9.17) is 0 Å². The first kappa shape index (κ1) is 17.7. The van der Waals surface area contributed by atoms with Gasteiger partial charge in [0.05, 0.1) is 11.1 Å². The van der Waals surface area contributed by atoms with Gasteiger partial charge in [0, 0.05) is 13.1 Å². The third-order valence-electron chi connectivity index (χ3n) is 5.45. The van der Waals surface area contributed by atoms with Crippen LogP contribution in [0.3, 0.4) is 0 Å². The fraction of sp³-hybridized carbons (Fsp3) is 0.364. The van der Waals surface area contributed by atoms with Crippen molar-refractivity contribution in [2.75, 3.05) is 13.1 Å². The van der Waals surface area contributed by atoms with Gasteiger partial charge in [-0.2, -0.15) is 0 Å². The molecule has 2 aromatic carbocycles. The fourth-order valence-corrected chi connectivity index (χ4v) is 4.04. The molecule has 1 amide bonds. The Labute approximate surface area is 158 Å². The van der Waals surface area contributed by atoms with Crippen molar-refractivity contribution in [2.24, 2.45) is 5.92 Å². The lowest BCUT2D eigenvalue weighted by molar-refractivity contribution is 0.0670. The molecule has 3 aromatic rings. The maximum Gasteiger partial charge on any atom is 0.256 e. The van der Waals surface area contributed by atoms with Crippen LogP contribution in [0.15, 0.2) is 42.5 Å². The standard InChI is InChI=1S/C22H24FN3O/c1-15-24-20-10-4-8-18(21(20)25-15)22(27)26-13-5-6-16(14-26)11-12-17-7-2-3-9-19(17)23/h2-4,7-10,16H,5-6,11-14H2,1H3,(H,24,25)/t16-/m0/s1. The molecule has 1 aliphatic heterocycles. The number of hydrogen-bond acceptors (Lipinski definition) is 2. The van der Waals surface area contributed by atoms with Gasteiger partial charge in [-0.25, -0.2) is 9.37 Å². The minimum atomic E-state index is -0.137. The van der Waals surface area contributed by atoms with E-state index in [1.165, 1.54) is 6.07 Å². The topological polar surface area (TPSA) is 49.0 Å². The number of fused-ring (bicyclic) bond motifs is 1. The molecule has 1 fully saturated rings. The Morgan fingerprint density at radius 3 is 2.96 bits per heavy atom. The number of hydrogen-bond donors (Lipinski definition) is 1. The lowest BCUT2D eigenvalue weighted by atomic mass is 9.91. The molecule has 27 heavy (non-hydrogen) atoms. The Bertz CT molecular complexity index is 965. The molecule has 140 valence electrons. The van der Waals surface area contributed by atoms with Crippen LogP contribution in [-0.4, -0.2) is 33.9 Å². The first-order chi connectivity index (χ1) is 13.1. The van der Waals surface area contributed by atoms with E-state index < -0.39 is 0 Å². The SMILES string of the molecule is Cc1nc2c(C(=O)N3CCC[C@@H](CCc4ccccc4F)C3)cccc2[nH]1. The zero-order valence-electron chi connectivity index (χ0n) is 15.5. The van der Waals surface area contributed by atoms with Gasteiger partial charge in [-0.15, -0.1) is 0 Å². The second-order valence-corrected chi connectivity index (χ2v) is 7.41. The van der Waals surface area contributed by atoms with Gasteiger partial charge < -0.3 is 9.88 Å². The number of halogens is 1. The van der Waals surface area contributed by atoms with Crippen LogP contribution in [0, 0.1) is 18.7 Å². The van der Waals surface area contributed by atoms with Gasteiger partial charge in [-0.1, -0.05) is 24.3 Å². The van der Waals surface area contributed by atoms with Crippen molar-refractivity contribution in [3.63, 3.8) is 0 Å². The molecule has 2 heterocycles. The normalized spacial score (nSPS) is 17.4. The van der Waals surface area contributed by atoms with E-state index in [0.717, 1.165) is 54.8 Å². The number of imidazole rings is 1. The number of rotatable bonds is 4. The summed E-state index contributed by atoms with van der Waals surface area (Å²) in [5.74, 6) is 1.12. The Kier molecular flexibility index (Phi) is 4.92. The molecule has 0 radical (unpaired) electrons. The van der Waals surface area contributed by atoms with Gasteiger partial charge in [0.2, 0.25) is 0 Å². The van der Waals surface area contributed by atoms with Gasteiger partial charge >= 0.3 is 0 Å². The summed E-state index contributed by atoms with van der Waals surface area (Å²) < 4.78 is 13.8. The molecule has 1 atom stereocenters. The minimum absolute atomic E-state index is 0.0442. The van der Waals surface area contributed by atoms with E-state index >= 15 is 0 Å². The number of nitrogens with zero attached hydrogens (tertiary/aromatic N) is 2. The monoisotopic (exact) mass is 365 g/mol. The lowest BCUT2D eigenvalue weighted by Crippen LogP contribution is -2.40. The summed E-state index contributed by atoms with van der Waals surface area (Å²) in [4.78, 5) is 22.7. The van der Waals surface area contributed by atoms with Gasteiger partial charge in [0.1, 0.15) is 17.2 Å². The second-order valence-electron chi connectivity index (χ2n) is 7.41. The van der Waals surface area contributed by atoms with Crippen molar-refractivity contribution >= 4 is 16.9 Å². The molecule has 1 aromatic heterocycles. The summed E-state index contributed by atoms with van der Waals surface area (Å²) in [6, 6.07) is 12.7. The van der Waals surface area contributed by atoms with Crippen molar-refractivity contribution in [3.8, 4) is 0 Å². The summed E-state index contributed by atoms with van der Waals surface area (Å²) in [6.45, 7) is 3.40. The van der Waals surface area contributed by atoms with Crippen LogP contribution in [0.2, 0.25) is 0 Å². The quantitative estimate of drug-likeness (QED) is 0.740. The van der Waals surface area contributed by atoms with Crippen LogP contribution in [0.1, 0.15) is 41.0 Å². The molecular weight excluding hydrogens is 341 g/mol. The maximum absolute atomic E-state index is 13.8. The summed E-state index contributed by atoms with van der Waals surface area (Å²) in [6.07, 6.45) is 3.69. The van der Waals surface area contributed by atoms with E-state index in [0.29, 0.717) is 17.9 Å². The second kappa shape index (κ2) is 7.51. The Morgan fingerprint density at radius 1 is 1.26 bits per heavy atom. The summed E-state index contributed by atoms with van der Waals surface area (Å²) in [5.41, 5.74) is 3.06. The number of H-pyrrole nitrogens is 1. The molecular formula is C22H24FN3O. The van der Waals surface area contributed by atoms with Crippen molar-refractivity contribution in [2.45, 2.75) is 32.6 Å². The van der Waals surface area contributed by atoms with Crippen molar-refractivity contribution in [1.29, 1.82) is 0 Å². The molecule has 1 N–H and O–H groups in total. The van der Waals surface area contributed by atoms with Gasteiger partial charge in [-0.3, -0.25) is 4.79 Å². The molecule has 0 bridgehead atoms. The Hall–Kier alpha value is -2.69. The Morgan fingerprint density at radius 2 is 2.11 bits per heavy atom. The summed E-state index contributed by atoms with van der Waals surface area (Å²) in [7, 11) is 0. The number of aromatic amines is 1. The zero-order valence-corrected chi connectivity index (χ0v) is 15.5. The number of carbonyl (C=O) groups excluding carboxylic acids is 1.